The lowest BCUT2D eigenvalue weighted by Crippen LogP contribution is -2.01. The zero-order valence-electron chi connectivity index (χ0n) is 16.8. The van der Waals surface area contributed by atoms with Crippen LogP contribution in [0.2, 0.25) is 0 Å². The maximum absolute atomic E-state index is 5.70. The lowest BCUT2D eigenvalue weighted by atomic mass is 10.2. The van der Waals surface area contributed by atoms with Crippen molar-refractivity contribution in [3.63, 3.8) is 0 Å². The van der Waals surface area contributed by atoms with E-state index in [9.17, 15) is 0 Å². The van der Waals surface area contributed by atoms with Crippen LogP contribution in [-0.4, -0.2) is 12.2 Å². The Balaban J connectivity index is 4.24. The second-order valence-corrected chi connectivity index (χ2v) is 7.37. The van der Waals surface area contributed by atoms with Gasteiger partial charge in [0.15, 0.2) is 0 Å². The van der Waals surface area contributed by atoms with E-state index in [-0.39, 0.29) is 12.2 Å². The van der Waals surface area contributed by atoms with Crippen LogP contribution in [0.3, 0.4) is 0 Å². The minimum absolute atomic E-state index is 0.0769. The van der Waals surface area contributed by atoms with E-state index in [2.05, 4.69) is 80.9 Å². The zero-order valence-corrected chi connectivity index (χ0v) is 20.1. The van der Waals surface area contributed by atoms with E-state index in [0.29, 0.717) is 8.50 Å². The molecule has 0 fully saturated rings. The normalized spacial score (nSPS) is 16.0. The Kier molecular flexibility index (Phi) is 21.7. The van der Waals surface area contributed by atoms with Crippen molar-refractivity contribution in [2.75, 3.05) is 0 Å². The van der Waals surface area contributed by atoms with Crippen molar-refractivity contribution in [3.8, 4) is 0 Å². The maximum Gasteiger partial charge on any atom is 0.0836 e. The second kappa shape index (κ2) is 21.9. The van der Waals surface area contributed by atoms with Crippen LogP contribution in [-0.2, 0) is 9.05 Å². The summed E-state index contributed by atoms with van der Waals surface area (Å²) in [4.78, 5) is 0. The van der Waals surface area contributed by atoms with Gasteiger partial charge in [0.1, 0.15) is 0 Å². The molecule has 0 amide bonds. The van der Waals surface area contributed by atoms with Crippen molar-refractivity contribution in [2.45, 2.75) is 64.6 Å². The summed E-state index contributed by atoms with van der Waals surface area (Å²) in [7, 11) is 5.41. The van der Waals surface area contributed by atoms with Gasteiger partial charge in [0, 0.05) is 18.0 Å². The Labute approximate surface area is 173 Å². The molecule has 152 valence electrons. The van der Waals surface area contributed by atoms with Gasteiger partial charge in [0.2, 0.25) is 0 Å². The molecule has 0 saturated carbocycles. The molecule has 0 aliphatic rings. The SMILES string of the molecule is CCC=CCC(C=CC=CC=CC(CC=CCC=CCCC)OP)OPP. The molecule has 0 aromatic carbocycles. The van der Waals surface area contributed by atoms with Gasteiger partial charge in [-0.25, -0.2) is 0 Å². The van der Waals surface area contributed by atoms with Crippen molar-refractivity contribution in [1.29, 1.82) is 0 Å². The summed E-state index contributed by atoms with van der Waals surface area (Å²) in [5.74, 6) is 0. The molecule has 0 spiro atoms. The van der Waals surface area contributed by atoms with E-state index in [1.165, 1.54) is 6.42 Å². The van der Waals surface area contributed by atoms with Crippen LogP contribution in [0.4, 0.5) is 0 Å². The van der Waals surface area contributed by atoms with Gasteiger partial charge in [-0.15, -0.1) is 0 Å². The lowest BCUT2D eigenvalue weighted by Gasteiger charge is -2.09. The molecule has 27 heavy (non-hydrogen) atoms. The van der Waals surface area contributed by atoms with E-state index >= 15 is 0 Å². The average Bonchev–Trinajstić information content (AvgIpc) is 2.68. The third kappa shape index (κ3) is 18.8. The first-order chi connectivity index (χ1) is 13.3. The third-order valence-electron chi connectivity index (χ3n) is 3.58. The maximum atomic E-state index is 5.70. The molecule has 5 heteroatoms. The summed E-state index contributed by atoms with van der Waals surface area (Å²) >= 11 is 0. The van der Waals surface area contributed by atoms with Crippen LogP contribution in [0.25, 0.3) is 0 Å². The van der Waals surface area contributed by atoms with Crippen LogP contribution in [0, 0.1) is 0 Å². The average molecular weight is 426 g/mol. The van der Waals surface area contributed by atoms with E-state index in [1.54, 1.807) is 0 Å². The molecular weight excluding hydrogens is 389 g/mol. The standard InChI is InChI=1S/C22H37O2P3/c1-3-5-7-8-9-10-14-17-21(23-25)18-15-11-12-16-20-22(24-27-26)19-13-6-4-2/h6-8,10-16,18,20-22,27H,3-5,9,17,19,25-26H2,1-2H3. The predicted molar refractivity (Wildman–Crippen MR) is 131 cm³/mol. The van der Waals surface area contributed by atoms with E-state index in [4.69, 9.17) is 9.05 Å². The molecule has 0 aromatic rings. The smallest absolute Gasteiger partial charge is 0.0836 e. The van der Waals surface area contributed by atoms with Crippen molar-refractivity contribution in [3.05, 3.63) is 72.9 Å². The molecule has 0 bridgehead atoms. The van der Waals surface area contributed by atoms with Crippen LogP contribution in [0.5, 0.6) is 0 Å². The van der Waals surface area contributed by atoms with Crippen molar-refractivity contribution in [1.82, 2.24) is 0 Å². The van der Waals surface area contributed by atoms with Gasteiger partial charge in [-0.1, -0.05) is 102 Å². The minimum atomic E-state index is 0.0769. The Hall–Kier alpha value is -0.350. The fraction of sp³-hybridized carbons (Fsp3) is 0.455. The molecule has 5 atom stereocenters. The minimum Gasteiger partial charge on any atom is -0.358 e. The van der Waals surface area contributed by atoms with Gasteiger partial charge in [-0.3, -0.25) is 0 Å². The number of hydrogen-bond acceptors (Lipinski definition) is 2. The quantitative estimate of drug-likeness (QED) is 0.143. The summed E-state index contributed by atoms with van der Waals surface area (Å²) in [6.45, 7) is 4.33. The van der Waals surface area contributed by atoms with Crippen LogP contribution >= 0.6 is 26.9 Å². The molecule has 0 aliphatic heterocycles. The zero-order chi connectivity index (χ0) is 20.0. The van der Waals surface area contributed by atoms with Gasteiger partial charge in [0.05, 0.1) is 12.2 Å². The fourth-order valence-electron chi connectivity index (χ4n) is 2.12. The molecule has 5 unspecified atom stereocenters. The number of hydrogen-bond donors (Lipinski definition) is 0. The summed E-state index contributed by atoms with van der Waals surface area (Å²) in [6.07, 6.45) is 31.9. The Morgan fingerprint density at radius 3 is 2.07 bits per heavy atom. The van der Waals surface area contributed by atoms with Gasteiger partial charge in [-0.2, -0.15) is 0 Å². The summed E-state index contributed by atoms with van der Waals surface area (Å²) in [6, 6.07) is 0. The van der Waals surface area contributed by atoms with E-state index in [0.717, 1.165) is 32.1 Å². The Morgan fingerprint density at radius 2 is 1.44 bits per heavy atom. The second-order valence-electron chi connectivity index (χ2n) is 5.92. The Bertz CT molecular complexity index is 494. The first-order valence-corrected chi connectivity index (χ1v) is 12.9. The monoisotopic (exact) mass is 426 g/mol. The largest absolute Gasteiger partial charge is 0.358 e. The molecule has 0 heterocycles. The highest BCUT2D eigenvalue weighted by Crippen LogP contribution is 2.25. The van der Waals surface area contributed by atoms with Crippen molar-refractivity contribution in [2.24, 2.45) is 0 Å². The highest BCUT2D eigenvalue weighted by atomic mass is 32.0. The molecule has 0 aliphatic carbocycles. The lowest BCUT2D eigenvalue weighted by molar-refractivity contribution is 0.296. The van der Waals surface area contributed by atoms with Crippen molar-refractivity contribution < 1.29 is 9.05 Å². The topological polar surface area (TPSA) is 18.5 Å². The van der Waals surface area contributed by atoms with Crippen LogP contribution < -0.4 is 0 Å². The molecule has 0 aromatic heterocycles. The summed E-state index contributed by atoms with van der Waals surface area (Å²) in [5.41, 5.74) is 0. The predicted octanol–water partition coefficient (Wildman–Crippen LogP) is 7.65. The molecule has 0 saturated heterocycles. The molecule has 2 nitrogen and oxygen atoms in total. The first kappa shape index (κ1) is 26.6. The summed E-state index contributed by atoms with van der Waals surface area (Å²) < 4.78 is 11.1. The van der Waals surface area contributed by atoms with Gasteiger partial charge < -0.3 is 9.05 Å². The van der Waals surface area contributed by atoms with Crippen molar-refractivity contribution >= 4 is 26.9 Å². The van der Waals surface area contributed by atoms with Gasteiger partial charge in [0.25, 0.3) is 0 Å². The highest BCUT2D eigenvalue weighted by Gasteiger charge is 2.00. The number of rotatable bonds is 16. The van der Waals surface area contributed by atoms with E-state index in [1.807, 2.05) is 24.3 Å². The third-order valence-corrected chi connectivity index (χ3v) is 4.78. The van der Waals surface area contributed by atoms with E-state index < -0.39 is 0 Å². The molecule has 0 radical (unpaired) electrons. The van der Waals surface area contributed by atoms with Gasteiger partial charge >= 0.3 is 0 Å². The number of allylic oxidation sites excluding steroid dienone is 8. The first-order valence-electron chi connectivity index (χ1n) is 9.71. The summed E-state index contributed by atoms with van der Waals surface area (Å²) in [5, 5.41) is 0. The Morgan fingerprint density at radius 1 is 0.815 bits per heavy atom. The highest BCUT2D eigenvalue weighted by molar-refractivity contribution is 8.00. The molecule has 0 N–H and O–H groups in total. The van der Waals surface area contributed by atoms with Crippen LogP contribution in [0.1, 0.15) is 52.4 Å². The van der Waals surface area contributed by atoms with Gasteiger partial charge in [-0.05, 0) is 32.1 Å². The number of unbranched alkanes of at least 4 members (excludes halogenated alkanes) is 1. The molecular formula is C22H37O2P3. The molecule has 0 rings (SSSR count). The van der Waals surface area contributed by atoms with Crippen LogP contribution in [0.15, 0.2) is 72.9 Å². The fourth-order valence-corrected chi connectivity index (χ4v) is 3.20.